The topological polar surface area (TPSA) is 30.2 Å². The van der Waals surface area contributed by atoms with E-state index in [0.717, 1.165) is 17.0 Å². The van der Waals surface area contributed by atoms with Crippen molar-refractivity contribution in [3.63, 3.8) is 0 Å². The summed E-state index contributed by atoms with van der Waals surface area (Å²) >= 11 is 5.89. The van der Waals surface area contributed by atoms with Crippen LogP contribution in [0.15, 0.2) is 12.1 Å². The lowest BCUT2D eigenvalue weighted by molar-refractivity contribution is 0.546. The fraction of sp³-hybridized carbons (Fsp3) is 0.455. The fourth-order valence-corrected chi connectivity index (χ4v) is 2.02. The molecule has 0 fully saturated rings. The van der Waals surface area contributed by atoms with Crippen LogP contribution in [0.1, 0.15) is 32.2 Å². The summed E-state index contributed by atoms with van der Waals surface area (Å²) in [5.41, 5.74) is 2.99. The zero-order chi connectivity index (χ0) is 11.2. The molecule has 0 aromatic carbocycles. The van der Waals surface area contributed by atoms with Crippen molar-refractivity contribution in [1.82, 2.24) is 14.6 Å². The Morgan fingerprint density at radius 3 is 2.53 bits per heavy atom. The molecule has 0 unspecified atom stereocenters. The first-order chi connectivity index (χ1) is 6.89. The molecular weight excluding hydrogens is 210 g/mol. The van der Waals surface area contributed by atoms with Gasteiger partial charge in [0, 0.05) is 5.41 Å². The molecule has 2 aromatic heterocycles. The van der Waals surface area contributed by atoms with E-state index in [0.29, 0.717) is 5.15 Å². The van der Waals surface area contributed by atoms with Gasteiger partial charge in [-0.25, -0.2) is 9.50 Å². The summed E-state index contributed by atoms with van der Waals surface area (Å²) in [6.45, 7) is 8.44. The second-order valence-electron chi connectivity index (χ2n) is 4.72. The van der Waals surface area contributed by atoms with Crippen molar-refractivity contribution in [3.8, 4) is 0 Å². The van der Waals surface area contributed by atoms with Gasteiger partial charge in [0.1, 0.15) is 5.15 Å². The summed E-state index contributed by atoms with van der Waals surface area (Å²) in [5, 5.41) is 4.77. The average Bonchev–Trinajstić information content (AvgIpc) is 2.38. The van der Waals surface area contributed by atoms with Crippen LogP contribution in [0.4, 0.5) is 0 Å². The number of imidazole rings is 1. The lowest BCUT2D eigenvalue weighted by Crippen LogP contribution is -2.16. The Morgan fingerprint density at radius 2 is 1.93 bits per heavy atom. The molecule has 0 atom stereocenters. The van der Waals surface area contributed by atoms with E-state index in [4.69, 9.17) is 11.6 Å². The quantitative estimate of drug-likeness (QED) is 0.687. The average molecular weight is 224 g/mol. The monoisotopic (exact) mass is 223 g/mol. The smallest absolute Gasteiger partial charge is 0.154 e. The van der Waals surface area contributed by atoms with E-state index < -0.39 is 0 Å². The van der Waals surface area contributed by atoms with Crippen LogP contribution in [-0.2, 0) is 5.41 Å². The highest BCUT2D eigenvalue weighted by Crippen LogP contribution is 2.26. The number of fused-ring (bicyclic) bond motifs is 1. The van der Waals surface area contributed by atoms with Crippen molar-refractivity contribution >= 4 is 17.2 Å². The molecule has 0 radical (unpaired) electrons. The maximum atomic E-state index is 5.89. The molecule has 15 heavy (non-hydrogen) atoms. The van der Waals surface area contributed by atoms with Crippen LogP contribution in [0.2, 0.25) is 5.15 Å². The van der Waals surface area contributed by atoms with Gasteiger partial charge >= 0.3 is 0 Å². The number of hydrogen-bond donors (Lipinski definition) is 0. The summed E-state index contributed by atoms with van der Waals surface area (Å²) in [7, 11) is 0. The standard InChI is InChI=1S/C11H14ClN3/c1-7-10(11(2,3)4)15-9(13-7)6-5-8(12)14-15/h5-6H,1-4H3. The normalized spacial score (nSPS) is 12.3. The minimum atomic E-state index is 0.0151. The van der Waals surface area contributed by atoms with Crippen molar-refractivity contribution < 1.29 is 0 Å². The zero-order valence-electron chi connectivity index (χ0n) is 9.37. The molecule has 2 aromatic rings. The van der Waals surface area contributed by atoms with Gasteiger partial charge in [-0.1, -0.05) is 32.4 Å². The van der Waals surface area contributed by atoms with Crippen LogP contribution in [0.3, 0.4) is 0 Å². The maximum Gasteiger partial charge on any atom is 0.154 e. The van der Waals surface area contributed by atoms with Crippen LogP contribution >= 0.6 is 11.6 Å². The molecule has 2 rings (SSSR count). The molecule has 0 saturated carbocycles. The van der Waals surface area contributed by atoms with Crippen molar-refractivity contribution in [1.29, 1.82) is 0 Å². The number of rotatable bonds is 0. The van der Waals surface area contributed by atoms with Gasteiger partial charge < -0.3 is 0 Å². The molecule has 2 heterocycles. The molecule has 4 heteroatoms. The maximum absolute atomic E-state index is 5.89. The Labute approximate surface area is 94.1 Å². The number of halogens is 1. The predicted octanol–water partition coefficient (Wildman–Crippen LogP) is 2.99. The molecule has 0 saturated heterocycles. The molecule has 0 aliphatic carbocycles. The molecule has 0 spiro atoms. The molecular formula is C11H14ClN3. The third kappa shape index (κ3) is 1.72. The van der Waals surface area contributed by atoms with Gasteiger partial charge in [0.2, 0.25) is 0 Å². The molecule has 0 aliphatic heterocycles. The van der Waals surface area contributed by atoms with Crippen LogP contribution in [0.5, 0.6) is 0 Å². The molecule has 0 amide bonds. The second kappa shape index (κ2) is 3.20. The van der Waals surface area contributed by atoms with Crippen LogP contribution in [0.25, 0.3) is 5.65 Å². The first-order valence-corrected chi connectivity index (χ1v) is 5.30. The van der Waals surface area contributed by atoms with E-state index in [1.54, 1.807) is 6.07 Å². The minimum absolute atomic E-state index is 0.0151. The lowest BCUT2D eigenvalue weighted by atomic mass is 9.91. The molecule has 80 valence electrons. The summed E-state index contributed by atoms with van der Waals surface area (Å²) in [6.07, 6.45) is 0. The first kappa shape index (κ1) is 10.4. The van der Waals surface area contributed by atoms with Gasteiger partial charge in [-0.15, -0.1) is 0 Å². The van der Waals surface area contributed by atoms with Gasteiger partial charge in [0.05, 0.1) is 11.4 Å². The number of aromatic nitrogens is 3. The zero-order valence-corrected chi connectivity index (χ0v) is 10.1. The Morgan fingerprint density at radius 1 is 1.27 bits per heavy atom. The van der Waals surface area contributed by atoms with E-state index in [-0.39, 0.29) is 5.41 Å². The largest absolute Gasteiger partial charge is 0.232 e. The highest BCUT2D eigenvalue weighted by atomic mass is 35.5. The molecule has 3 nitrogen and oxygen atoms in total. The SMILES string of the molecule is Cc1nc2ccc(Cl)nn2c1C(C)(C)C. The van der Waals surface area contributed by atoms with Crippen LogP contribution < -0.4 is 0 Å². The van der Waals surface area contributed by atoms with Crippen molar-refractivity contribution in [3.05, 3.63) is 28.7 Å². The summed E-state index contributed by atoms with van der Waals surface area (Å²) in [6, 6.07) is 3.65. The Kier molecular flexibility index (Phi) is 2.23. The van der Waals surface area contributed by atoms with Crippen molar-refractivity contribution in [2.75, 3.05) is 0 Å². The van der Waals surface area contributed by atoms with E-state index in [1.807, 2.05) is 17.5 Å². The summed E-state index contributed by atoms with van der Waals surface area (Å²) in [4.78, 5) is 4.46. The highest BCUT2D eigenvalue weighted by molar-refractivity contribution is 6.29. The van der Waals surface area contributed by atoms with Gasteiger partial charge in [0.25, 0.3) is 0 Å². The highest BCUT2D eigenvalue weighted by Gasteiger charge is 2.22. The van der Waals surface area contributed by atoms with E-state index >= 15 is 0 Å². The second-order valence-corrected chi connectivity index (χ2v) is 5.11. The predicted molar refractivity (Wildman–Crippen MR) is 61.4 cm³/mol. The van der Waals surface area contributed by atoms with Crippen molar-refractivity contribution in [2.45, 2.75) is 33.1 Å². The Hall–Kier alpha value is -1.09. The van der Waals surface area contributed by atoms with Crippen molar-refractivity contribution in [2.24, 2.45) is 0 Å². The first-order valence-electron chi connectivity index (χ1n) is 4.92. The summed E-state index contributed by atoms with van der Waals surface area (Å²) in [5.74, 6) is 0. The lowest BCUT2D eigenvalue weighted by Gasteiger charge is -2.18. The number of aryl methyl sites for hydroxylation is 1. The van der Waals surface area contributed by atoms with Crippen LogP contribution in [0, 0.1) is 6.92 Å². The van der Waals surface area contributed by atoms with Gasteiger partial charge in [-0.3, -0.25) is 0 Å². The minimum Gasteiger partial charge on any atom is -0.232 e. The Bertz CT molecular complexity index is 508. The van der Waals surface area contributed by atoms with Gasteiger partial charge in [-0.05, 0) is 19.1 Å². The number of hydrogen-bond acceptors (Lipinski definition) is 2. The molecule has 0 aliphatic rings. The molecule has 0 bridgehead atoms. The third-order valence-electron chi connectivity index (χ3n) is 2.33. The Balaban J connectivity index is 2.82. The van der Waals surface area contributed by atoms with E-state index in [1.165, 1.54) is 0 Å². The fourth-order valence-electron chi connectivity index (χ4n) is 1.88. The number of nitrogens with zero attached hydrogens (tertiary/aromatic N) is 3. The summed E-state index contributed by atoms with van der Waals surface area (Å²) < 4.78 is 1.83. The van der Waals surface area contributed by atoms with Gasteiger partial charge in [0.15, 0.2) is 5.65 Å². The van der Waals surface area contributed by atoms with E-state index in [9.17, 15) is 0 Å². The van der Waals surface area contributed by atoms with Gasteiger partial charge in [-0.2, -0.15) is 5.10 Å². The molecule has 0 N–H and O–H groups in total. The third-order valence-corrected chi connectivity index (χ3v) is 2.53. The van der Waals surface area contributed by atoms with Crippen LogP contribution in [-0.4, -0.2) is 14.6 Å². The van der Waals surface area contributed by atoms with E-state index in [2.05, 4.69) is 30.9 Å².